The third-order valence-electron chi connectivity index (χ3n) is 1.56. The van der Waals surface area contributed by atoms with Gasteiger partial charge in [0.1, 0.15) is 0 Å². The van der Waals surface area contributed by atoms with Gasteiger partial charge in [-0.15, -0.1) is 0 Å². The van der Waals surface area contributed by atoms with Gasteiger partial charge in [0, 0.05) is 5.02 Å². The van der Waals surface area contributed by atoms with E-state index in [-0.39, 0.29) is 6.61 Å². The van der Waals surface area contributed by atoms with Crippen LogP contribution < -0.4 is 0 Å². The van der Waals surface area contributed by atoms with E-state index in [0.717, 1.165) is 5.56 Å². The van der Waals surface area contributed by atoms with E-state index in [1.807, 2.05) is 0 Å². The first-order valence-electron chi connectivity index (χ1n) is 3.92. The minimum atomic E-state index is -4.34. The second-order valence-corrected chi connectivity index (χ2v) is 4.38. The Balaban J connectivity index is 2.39. The number of rotatable bonds is 4. The summed E-state index contributed by atoms with van der Waals surface area (Å²) < 4.78 is 14.6. The van der Waals surface area contributed by atoms with Crippen LogP contribution in [0.15, 0.2) is 24.3 Å². The van der Waals surface area contributed by atoms with Crippen molar-refractivity contribution in [3.8, 4) is 0 Å². The summed E-state index contributed by atoms with van der Waals surface area (Å²) in [5.74, 6) is 0. The van der Waals surface area contributed by atoms with E-state index in [9.17, 15) is 4.57 Å². The molecule has 0 unspecified atom stereocenters. The quantitative estimate of drug-likeness (QED) is 0.785. The van der Waals surface area contributed by atoms with Gasteiger partial charge in [-0.1, -0.05) is 23.7 Å². The third kappa shape index (κ3) is 4.74. The van der Waals surface area contributed by atoms with Gasteiger partial charge in [0.15, 0.2) is 0 Å². The minimum Gasteiger partial charge on any atom is -0.303 e. The smallest absolute Gasteiger partial charge is 0.303 e. The monoisotopic (exact) mass is 236 g/mol. The van der Waals surface area contributed by atoms with Crippen LogP contribution in [0.4, 0.5) is 0 Å². The van der Waals surface area contributed by atoms with Crippen LogP contribution in [0, 0.1) is 0 Å². The molecule has 14 heavy (non-hydrogen) atoms. The first-order chi connectivity index (χ1) is 6.47. The Hall–Kier alpha value is -0.380. The van der Waals surface area contributed by atoms with Crippen molar-refractivity contribution >= 4 is 19.4 Å². The van der Waals surface area contributed by atoms with E-state index in [4.69, 9.17) is 21.4 Å². The number of hydrogen-bond acceptors (Lipinski definition) is 2. The molecule has 0 heterocycles. The van der Waals surface area contributed by atoms with Gasteiger partial charge in [0.05, 0.1) is 6.61 Å². The summed E-state index contributed by atoms with van der Waals surface area (Å²) in [4.78, 5) is 16.8. The highest BCUT2D eigenvalue weighted by Gasteiger charge is 2.12. The molecule has 1 aromatic rings. The molecule has 0 amide bonds. The van der Waals surface area contributed by atoms with Gasteiger partial charge in [-0.25, -0.2) is 4.57 Å². The van der Waals surface area contributed by atoms with Crippen LogP contribution in [0.1, 0.15) is 5.56 Å². The van der Waals surface area contributed by atoms with Crippen molar-refractivity contribution < 1.29 is 18.9 Å². The zero-order chi connectivity index (χ0) is 10.6. The first kappa shape index (κ1) is 11.7. The van der Waals surface area contributed by atoms with Crippen molar-refractivity contribution in [2.45, 2.75) is 6.42 Å². The standard InChI is InChI=1S/C8H10ClO4P/c9-8-3-1-7(2-4-8)5-6-13-14(10,11)12/h1-4H,5-6H2,(H2,10,11,12). The Morgan fingerprint density at radius 3 is 2.36 bits per heavy atom. The molecule has 1 aromatic carbocycles. The van der Waals surface area contributed by atoms with Crippen LogP contribution in [0.3, 0.4) is 0 Å². The largest absolute Gasteiger partial charge is 0.469 e. The second kappa shape index (κ2) is 4.91. The van der Waals surface area contributed by atoms with Gasteiger partial charge >= 0.3 is 7.82 Å². The van der Waals surface area contributed by atoms with Crippen molar-refractivity contribution in [2.75, 3.05) is 6.61 Å². The van der Waals surface area contributed by atoms with Gasteiger partial charge in [0.25, 0.3) is 0 Å². The predicted octanol–water partition coefficient (Wildman–Crippen LogP) is 1.99. The number of benzene rings is 1. The zero-order valence-corrected chi connectivity index (χ0v) is 8.91. The third-order valence-corrected chi connectivity index (χ3v) is 2.33. The number of halogens is 1. The maximum absolute atomic E-state index is 10.3. The van der Waals surface area contributed by atoms with E-state index in [1.165, 1.54) is 0 Å². The molecule has 0 bridgehead atoms. The summed E-state index contributed by atoms with van der Waals surface area (Å²) in [6.45, 7) is -0.00803. The van der Waals surface area contributed by atoms with E-state index in [0.29, 0.717) is 11.4 Å². The van der Waals surface area contributed by atoms with Crippen LogP contribution in [-0.2, 0) is 15.5 Å². The van der Waals surface area contributed by atoms with Crippen molar-refractivity contribution in [2.24, 2.45) is 0 Å². The lowest BCUT2D eigenvalue weighted by Gasteiger charge is -2.04. The topological polar surface area (TPSA) is 66.8 Å². The Labute approximate surface area is 86.7 Å². The SMILES string of the molecule is O=P(O)(O)OCCc1ccc(Cl)cc1. The summed E-state index contributed by atoms with van der Waals surface area (Å²) in [6.07, 6.45) is 0.447. The van der Waals surface area contributed by atoms with E-state index >= 15 is 0 Å². The molecule has 0 aliphatic heterocycles. The molecule has 0 radical (unpaired) electrons. The number of phosphoric acid groups is 1. The van der Waals surface area contributed by atoms with Gasteiger partial charge in [-0.05, 0) is 24.1 Å². The van der Waals surface area contributed by atoms with E-state index < -0.39 is 7.82 Å². The highest BCUT2D eigenvalue weighted by atomic mass is 35.5. The normalized spacial score (nSPS) is 11.6. The fraction of sp³-hybridized carbons (Fsp3) is 0.250. The average Bonchev–Trinajstić information content (AvgIpc) is 2.06. The fourth-order valence-electron chi connectivity index (χ4n) is 0.933. The molecule has 0 aromatic heterocycles. The van der Waals surface area contributed by atoms with Crippen LogP contribution in [0.5, 0.6) is 0 Å². The summed E-state index contributed by atoms with van der Waals surface area (Å²) in [7, 11) is -4.34. The van der Waals surface area contributed by atoms with Gasteiger partial charge in [-0.3, -0.25) is 4.52 Å². The van der Waals surface area contributed by atoms with Crippen molar-refractivity contribution in [3.63, 3.8) is 0 Å². The molecular weight excluding hydrogens is 227 g/mol. The van der Waals surface area contributed by atoms with E-state index in [1.54, 1.807) is 24.3 Å². The molecule has 78 valence electrons. The molecular formula is C8H10ClO4P. The molecule has 0 spiro atoms. The van der Waals surface area contributed by atoms with E-state index in [2.05, 4.69) is 4.52 Å². The highest BCUT2D eigenvalue weighted by molar-refractivity contribution is 7.46. The Morgan fingerprint density at radius 1 is 1.29 bits per heavy atom. The maximum Gasteiger partial charge on any atom is 0.469 e. The second-order valence-electron chi connectivity index (χ2n) is 2.70. The average molecular weight is 237 g/mol. The molecule has 0 saturated heterocycles. The lowest BCUT2D eigenvalue weighted by molar-refractivity contribution is 0.199. The lowest BCUT2D eigenvalue weighted by atomic mass is 10.2. The maximum atomic E-state index is 10.3. The molecule has 0 aliphatic carbocycles. The molecule has 2 N–H and O–H groups in total. The zero-order valence-electron chi connectivity index (χ0n) is 7.26. The summed E-state index contributed by atoms with van der Waals surface area (Å²) >= 11 is 5.66. The molecule has 0 aliphatic rings. The molecule has 0 saturated carbocycles. The molecule has 4 nitrogen and oxygen atoms in total. The highest BCUT2D eigenvalue weighted by Crippen LogP contribution is 2.35. The summed E-state index contributed by atoms with van der Waals surface area (Å²) in [5, 5.41) is 0.629. The van der Waals surface area contributed by atoms with Crippen LogP contribution in [0.25, 0.3) is 0 Å². The Morgan fingerprint density at radius 2 is 1.86 bits per heavy atom. The van der Waals surface area contributed by atoms with Crippen molar-refractivity contribution in [1.82, 2.24) is 0 Å². The predicted molar refractivity (Wildman–Crippen MR) is 53.2 cm³/mol. The summed E-state index contributed by atoms with van der Waals surface area (Å²) in [6, 6.07) is 7.00. The van der Waals surface area contributed by atoms with Crippen molar-refractivity contribution in [3.05, 3.63) is 34.9 Å². The Bertz CT molecular complexity index is 332. The van der Waals surface area contributed by atoms with Crippen LogP contribution in [-0.4, -0.2) is 16.4 Å². The first-order valence-corrected chi connectivity index (χ1v) is 5.83. The number of hydrogen-bond donors (Lipinski definition) is 2. The molecule has 0 atom stereocenters. The molecule has 6 heteroatoms. The minimum absolute atomic E-state index is 0.00803. The molecule has 0 fully saturated rings. The summed E-state index contributed by atoms with van der Waals surface area (Å²) in [5.41, 5.74) is 0.919. The van der Waals surface area contributed by atoms with Gasteiger partial charge in [-0.2, -0.15) is 0 Å². The Kier molecular flexibility index (Phi) is 4.11. The van der Waals surface area contributed by atoms with Gasteiger partial charge in [0.2, 0.25) is 0 Å². The van der Waals surface area contributed by atoms with Crippen LogP contribution in [0.2, 0.25) is 5.02 Å². The number of phosphoric ester groups is 1. The van der Waals surface area contributed by atoms with Crippen LogP contribution >= 0.6 is 19.4 Å². The fourth-order valence-corrected chi connectivity index (χ4v) is 1.39. The van der Waals surface area contributed by atoms with Gasteiger partial charge < -0.3 is 9.79 Å². The van der Waals surface area contributed by atoms with Crippen molar-refractivity contribution in [1.29, 1.82) is 0 Å². The lowest BCUT2D eigenvalue weighted by Crippen LogP contribution is -1.96. The molecule has 1 rings (SSSR count).